The van der Waals surface area contributed by atoms with Crippen molar-refractivity contribution in [2.75, 3.05) is 12.4 Å². The predicted octanol–water partition coefficient (Wildman–Crippen LogP) is 7.04. The molecule has 150 valence electrons. The minimum absolute atomic E-state index is 0.287. The fourth-order valence-electron chi connectivity index (χ4n) is 2.94. The zero-order valence-corrected chi connectivity index (χ0v) is 18.2. The molecule has 0 saturated heterocycles. The summed E-state index contributed by atoms with van der Waals surface area (Å²) in [4.78, 5) is 18.4. The summed E-state index contributed by atoms with van der Waals surface area (Å²) in [7, 11) is 1.63. The standard InChI is InChI=1S/C23H16Cl2N2O2S/c1-29-17-10-7-15(8-11-17)21-20(14-5-3-2-4-6-14)26-23(30-21)27-22(28)18-12-9-16(24)13-19(18)25/h2-13H,1H3,(H,26,27,28). The summed E-state index contributed by atoms with van der Waals surface area (Å²) < 4.78 is 5.26. The summed E-state index contributed by atoms with van der Waals surface area (Å²) in [6.07, 6.45) is 0. The van der Waals surface area contributed by atoms with Crippen molar-refractivity contribution in [1.82, 2.24) is 4.98 Å². The summed E-state index contributed by atoms with van der Waals surface area (Å²) in [5, 5.41) is 4.10. The van der Waals surface area contributed by atoms with E-state index in [-0.39, 0.29) is 10.9 Å². The number of methoxy groups -OCH3 is 1. The number of benzene rings is 3. The Morgan fingerprint density at radius 1 is 0.967 bits per heavy atom. The fraction of sp³-hybridized carbons (Fsp3) is 0.0435. The van der Waals surface area contributed by atoms with Crippen LogP contribution in [0.1, 0.15) is 10.4 Å². The first-order valence-corrected chi connectivity index (χ1v) is 10.6. The van der Waals surface area contributed by atoms with Crippen molar-refractivity contribution >= 4 is 45.6 Å². The lowest BCUT2D eigenvalue weighted by atomic mass is 10.1. The third-order valence-electron chi connectivity index (χ3n) is 4.42. The summed E-state index contributed by atoms with van der Waals surface area (Å²) in [6, 6.07) is 22.3. The number of aromatic nitrogens is 1. The lowest BCUT2D eigenvalue weighted by molar-refractivity contribution is 0.102. The second-order valence-electron chi connectivity index (χ2n) is 6.37. The number of anilines is 1. The first-order valence-electron chi connectivity index (χ1n) is 9.02. The van der Waals surface area contributed by atoms with E-state index in [9.17, 15) is 4.79 Å². The van der Waals surface area contributed by atoms with Gasteiger partial charge in [-0.2, -0.15) is 0 Å². The molecule has 1 aromatic heterocycles. The van der Waals surface area contributed by atoms with Gasteiger partial charge in [-0.3, -0.25) is 10.1 Å². The first-order chi connectivity index (χ1) is 14.5. The number of carbonyl (C=O) groups is 1. The highest BCUT2D eigenvalue weighted by Crippen LogP contribution is 2.39. The number of amides is 1. The Kier molecular flexibility index (Phi) is 6.04. The molecule has 0 saturated carbocycles. The second kappa shape index (κ2) is 8.88. The molecule has 1 N–H and O–H groups in total. The van der Waals surface area contributed by atoms with Gasteiger partial charge < -0.3 is 4.74 Å². The molecule has 0 radical (unpaired) electrons. The molecule has 0 fully saturated rings. The van der Waals surface area contributed by atoms with Crippen LogP contribution >= 0.6 is 34.5 Å². The molecule has 4 aromatic rings. The minimum atomic E-state index is -0.341. The molecule has 4 nitrogen and oxygen atoms in total. The topological polar surface area (TPSA) is 51.2 Å². The van der Waals surface area contributed by atoms with Crippen LogP contribution in [-0.2, 0) is 0 Å². The third kappa shape index (κ3) is 4.33. The molecule has 7 heteroatoms. The molecule has 0 aliphatic rings. The zero-order chi connectivity index (χ0) is 21.1. The lowest BCUT2D eigenvalue weighted by Crippen LogP contribution is -2.12. The molecular weight excluding hydrogens is 439 g/mol. The van der Waals surface area contributed by atoms with E-state index in [0.717, 1.165) is 27.4 Å². The van der Waals surface area contributed by atoms with Crippen LogP contribution in [0.5, 0.6) is 5.75 Å². The Labute approximate surface area is 188 Å². The smallest absolute Gasteiger partial charge is 0.258 e. The summed E-state index contributed by atoms with van der Waals surface area (Å²) in [5.41, 5.74) is 3.08. The maximum Gasteiger partial charge on any atom is 0.258 e. The van der Waals surface area contributed by atoms with Crippen LogP contribution in [0.2, 0.25) is 10.0 Å². The van der Waals surface area contributed by atoms with E-state index in [1.54, 1.807) is 19.2 Å². The summed E-state index contributed by atoms with van der Waals surface area (Å²) in [5.74, 6) is 0.432. The number of hydrogen-bond acceptors (Lipinski definition) is 4. The highest BCUT2D eigenvalue weighted by Gasteiger charge is 2.18. The molecule has 1 heterocycles. The van der Waals surface area contributed by atoms with Gasteiger partial charge in [0.1, 0.15) is 5.75 Å². The molecule has 0 atom stereocenters. The van der Waals surface area contributed by atoms with Crippen molar-refractivity contribution in [3.05, 3.63) is 88.4 Å². The Bertz CT molecular complexity index is 1190. The summed E-state index contributed by atoms with van der Waals surface area (Å²) >= 11 is 13.5. The van der Waals surface area contributed by atoms with Crippen LogP contribution in [0, 0.1) is 0 Å². The van der Waals surface area contributed by atoms with E-state index < -0.39 is 0 Å². The van der Waals surface area contributed by atoms with Gasteiger partial charge in [-0.05, 0) is 48.0 Å². The van der Waals surface area contributed by atoms with Gasteiger partial charge in [0.2, 0.25) is 0 Å². The van der Waals surface area contributed by atoms with Gasteiger partial charge in [-0.15, -0.1) is 0 Å². The maximum atomic E-state index is 12.7. The minimum Gasteiger partial charge on any atom is -0.497 e. The first kappa shape index (κ1) is 20.4. The van der Waals surface area contributed by atoms with Crippen molar-refractivity contribution in [3.63, 3.8) is 0 Å². The molecule has 1 amide bonds. The van der Waals surface area contributed by atoms with Crippen molar-refractivity contribution in [1.29, 1.82) is 0 Å². The SMILES string of the molecule is COc1ccc(-c2sc(NC(=O)c3ccc(Cl)cc3Cl)nc2-c2ccccc2)cc1. The van der Waals surface area contributed by atoms with E-state index in [4.69, 9.17) is 32.9 Å². The molecule has 0 aliphatic heterocycles. The van der Waals surface area contributed by atoms with Crippen LogP contribution in [0.25, 0.3) is 21.7 Å². The van der Waals surface area contributed by atoms with Gasteiger partial charge >= 0.3 is 0 Å². The number of carbonyl (C=O) groups excluding carboxylic acids is 1. The highest BCUT2D eigenvalue weighted by molar-refractivity contribution is 7.19. The van der Waals surface area contributed by atoms with Crippen molar-refractivity contribution in [2.45, 2.75) is 0 Å². The quantitative estimate of drug-likeness (QED) is 0.351. The molecule has 0 aliphatic carbocycles. The summed E-state index contributed by atoms with van der Waals surface area (Å²) in [6.45, 7) is 0. The Morgan fingerprint density at radius 3 is 2.37 bits per heavy atom. The monoisotopic (exact) mass is 454 g/mol. The predicted molar refractivity (Wildman–Crippen MR) is 124 cm³/mol. The number of halogens is 2. The van der Waals surface area contributed by atoms with Crippen LogP contribution in [0.3, 0.4) is 0 Å². The van der Waals surface area contributed by atoms with Gasteiger partial charge in [0.05, 0.1) is 28.3 Å². The van der Waals surface area contributed by atoms with Crippen LogP contribution in [-0.4, -0.2) is 18.0 Å². The van der Waals surface area contributed by atoms with Crippen LogP contribution < -0.4 is 10.1 Å². The number of thiazole rings is 1. The number of ether oxygens (including phenoxy) is 1. The third-order valence-corrected chi connectivity index (χ3v) is 5.99. The van der Waals surface area contributed by atoms with Crippen molar-refractivity contribution in [2.24, 2.45) is 0 Å². The fourth-order valence-corrected chi connectivity index (χ4v) is 4.42. The van der Waals surface area contributed by atoms with Crippen LogP contribution in [0.15, 0.2) is 72.8 Å². The molecule has 0 spiro atoms. The van der Waals surface area contributed by atoms with E-state index in [0.29, 0.717) is 15.7 Å². The van der Waals surface area contributed by atoms with Gasteiger partial charge in [-0.1, -0.05) is 64.9 Å². The number of hydrogen-bond donors (Lipinski definition) is 1. The molecule has 0 bridgehead atoms. The molecule has 3 aromatic carbocycles. The highest BCUT2D eigenvalue weighted by atomic mass is 35.5. The molecule has 30 heavy (non-hydrogen) atoms. The van der Waals surface area contributed by atoms with E-state index in [1.165, 1.54) is 17.4 Å². The maximum absolute atomic E-state index is 12.7. The van der Waals surface area contributed by atoms with Crippen LogP contribution in [0.4, 0.5) is 5.13 Å². The lowest BCUT2D eigenvalue weighted by Gasteiger charge is -2.04. The molecular formula is C23H16Cl2N2O2S. The van der Waals surface area contributed by atoms with Crippen molar-refractivity contribution < 1.29 is 9.53 Å². The average Bonchev–Trinajstić information content (AvgIpc) is 3.18. The van der Waals surface area contributed by atoms with Gasteiger partial charge in [-0.25, -0.2) is 4.98 Å². The Morgan fingerprint density at radius 2 is 1.70 bits per heavy atom. The van der Waals surface area contributed by atoms with Gasteiger partial charge in [0.25, 0.3) is 5.91 Å². The second-order valence-corrected chi connectivity index (χ2v) is 8.21. The molecule has 0 unspecified atom stereocenters. The molecule has 4 rings (SSSR count). The van der Waals surface area contributed by atoms with Gasteiger partial charge in [0.15, 0.2) is 5.13 Å². The van der Waals surface area contributed by atoms with E-state index >= 15 is 0 Å². The Balaban J connectivity index is 1.72. The van der Waals surface area contributed by atoms with E-state index in [1.807, 2.05) is 54.6 Å². The number of nitrogens with zero attached hydrogens (tertiary/aromatic N) is 1. The average molecular weight is 455 g/mol. The van der Waals surface area contributed by atoms with E-state index in [2.05, 4.69) is 5.32 Å². The number of nitrogens with one attached hydrogen (secondary N) is 1. The van der Waals surface area contributed by atoms with Crippen molar-refractivity contribution in [3.8, 4) is 27.4 Å². The Hall–Kier alpha value is -2.86. The van der Waals surface area contributed by atoms with Gasteiger partial charge in [0, 0.05) is 10.6 Å². The zero-order valence-electron chi connectivity index (χ0n) is 15.9. The largest absolute Gasteiger partial charge is 0.497 e. The normalized spacial score (nSPS) is 10.6. The number of rotatable bonds is 5.